The van der Waals surface area contributed by atoms with Crippen molar-refractivity contribution in [1.82, 2.24) is 5.32 Å². The smallest absolute Gasteiger partial charge is 0.134 e. The van der Waals surface area contributed by atoms with Gasteiger partial charge in [0.2, 0.25) is 0 Å². The molecule has 21 heavy (non-hydrogen) atoms. The second kappa shape index (κ2) is 6.34. The molecule has 2 nitrogen and oxygen atoms in total. The third kappa shape index (κ3) is 3.39. The van der Waals surface area contributed by atoms with Crippen LogP contribution < -0.4 is 5.32 Å². The van der Waals surface area contributed by atoms with Crippen LogP contribution in [0.4, 0.5) is 0 Å². The average Bonchev–Trinajstić information content (AvgIpc) is 3.04. The summed E-state index contributed by atoms with van der Waals surface area (Å²) < 4.78 is 7.22. The Hall–Kier alpha value is -1.10. The Morgan fingerprint density at radius 1 is 1.24 bits per heavy atom. The molecular formula is C17H18BrNOS. The number of fused-ring (bicyclic) bond motifs is 1. The number of hydrogen-bond donors (Lipinski definition) is 1. The van der Waals surface area contributed by atoms with Gasteiger partial charge in [-0.15, -0.1) is 11.3 Å². The molecule has 0 saturated heterocycles. The molecule has 110 valence electrons. The highest BCUT2D eigenvalue weighted by molar-refractivity contribution is 9.11. The fourth-order valence-corrected chi connectivity index (χ4v) is 4.07. The molecule has 2 heterocycles. The summed E-state index contributed by atoms with van der Waals surface area (Å²) in [7, 11) is 0. The standard InChI is InChI=1S/C17H18BrNOS/c1-3-19-14(10-13-5-7-17(18)21-13)16-9-12-8-11(2)4-6-15(12)20-16/h4-9,14,19H,3,10H2,1-2H3. The van der Waals surface area contributed by atoms with Crippen molar-refractivity contribution < 1.29 is 4.42 Å². The van der Waals surface area contributed by atoms with E-state index in [-0.39, 0.29) is 6.04 Å². The van der Waals surface area contributed by atoms with Gasteiger partial charge in [0.25, 0.3) is 0 Å². The quantitative estimate of drug-likeness (QED) is 0.650. The first-order valence-electron chi connectivity index (χ1n) is 7.13. The molecule has 0 fully saturated rings. The van der Waals surface area contributed by atoms with E-state index in [4.69, 9.17) is 4.42 Å². The Kier molecular flexibility index (Phi) is 4.48. The lowest BCUT2D eigenvalue weighted by Gasteiger charge is -2.14. The SMILES string of the molecule is CCNC(Cc1ccc(Br)s1)c1cc2cc(C)ccc2o1. The first-order chi connectivity index (χ1) is 10.2. The van der Waals surface area contributed by atoms with E-state index in [1.54, 1.807) is 11.3 Å². The van der Waals surface area contributed by atoms with Crippen LogP contribution in [-0.2, 0) is 6.42 Å². The molecule has 0 aliphatic rings. The van der Waals surface area contributed by atoms with E-state index < -0.39 is 0 Å². The van der Waals surface area contributed by atoms with Crippen molar-refractivity contribution in [3.8, 4) is 0 Å². The minimum atomic E-state index is 0.216. The van der Waals surface area contributed by atoms with E-state index in [0.29, 0.717) is 0 Å². The minimum Gasteiger partial charge on any atom is -0.459 e. The number of furan rings is 1. The summed E-state index contributed by atoms with van der Waals surface area (Å²) in [6.45, 7) is 5.16. The minimum absolute atomic E-state index is 0.216. The van der Waals surface area contributed by atoms with Gasteiger partial charge >= 0.3 is 0 Å². The molecule has 0 spiro atoms. The molecule has 0 saturated carbocycles. The lowest BCUT2D eigenvalue weighted by atomic mass is 10.1. The normalized spacial score (nSPS) is 12.9. The number of hydrogen-bond acceptors (Lipinski definition) is 3. The van der Waals surface area contributed by atoms with E-state index in [2.05, 4.69) is 71.5 Å². The van der Waals surface area contributed by atoms with Crippen LogP contribution in [0, 0.1) is 6.92 Å². The molecule has 4 heteroatoms. The number of likely N-dealkylation sites (N-methyl/N-ethyl adjacent to an activating group) is 1. The van der Waals surface area contributed by atoms with Crippen molar-refractivity contribution in [2.75, 3.05) is 6.54 Å². The molecule has 0 bridgehead atoms. The van der Waals surface area contributed by atoms with Gasteiger partial charge in [0.05, 0.1) is 9.83 Å². The van der Waals surface area contributed by atoms with Gasteiger partial charge < -0.3 is 9.73 Å². The Morgan fingerprint density at radius 3 is 2.81 bits per heavy atom. The van der Waals surface area contributed by atoms with Gasteiger partial charge in [0, 0.05) is 16.7 Å². The summed E-state index contributed by atoms with van der Waals surface area (Å²) in [5.74, 6) is 1.02. The number of benzene rings is 1. The van der Waals surface area contributed by atoms with Gasteiger partial charge in [-0.05, 0) is 59.7 Å². The molecule has 1 aromatic carbocycles. The zero-order valence-electron chi connectivity index (χ0n) is 12.2. The topological polar surface area (TPSA) is 25.2 Å². The van der Waals surface area contributed by atoms with Gasteiger partial charge in [-0.2, -0.15) is 0 Å². The highest BCUT2D eigenvalue weighted by Gasteiger charge is 2.17. The summed E-state index contributed by atoms with van der Waals surface area (Å²) in [5, 5.41) is 4.71. The van der Waals surface area contributed by atoms with Gasteiger partial charge in [-0.3, -0.25) is 0 Å². The summed E-state index contributed by atoms with van der Waals surface area (Å²) in [6.07, 6.45) is 0.947. The largest absolute Gasteiger partial charge is 0.459 e. The van der Waals surface area contributed by atoms with Gasteiger partial charge in [0.15, 0.2) is 0 Å². The van der Waals surface area contributed by atoms with Crippen molar-refractivity contribution in [2.45, 2.75) is 26.3 Å². The summed E-state index contributed by atoms with van der Waals surface area (Å²) in [6, 6.07) is 13.0. The zero-order chi connectivity index (χ0) is 14.8. The number of halogens is 1. The van der Waals surface area contributed by atoms with Crippen LogP contribution in [-0.4, -0.2) is 6.54 Å². The maximum atomic E-state index is 6.05. The summed E-state index contributed by atoms with van der Waals surface area (Å²) >= 11 is 5.31. The molecule has 1 unspecified atom stereocenters. The summed E-state index contributed by atoms with van der Waals surface area (Å²) in [4.78, 5) is 1.35. The van der Waals surface area contributed by atoms with Gasteiger partial charge in [-0.1, -0.05) is 18.6 Å². The van der Waals surface area contributed by atoms with E-state index in [1.807, 2.05) is 0 Å². The van der Waals surface area contributed by atoms with Crippen molar-refractivity contribution in [3.63, 3.8) is 0 Å². The third-order valence-corrected chi connectivity index (χ3v) is 5.16. The van der Waals surface area contributed by atoms with Crippen LogP contribution in [0.25, 0.3) is 11.0 Å². The fraction of sp³-hybridized carbons (Fsp3) is 0.294. The molecule has 3 rings (SSSR count). The Bertz CT molecular complexity index is 746. The van der Waals surface area contributed by atoms with Crippen LogP contribution in [0.5, 0.6) is 0 Å². The molecule has 1 N–H and O–H groups in total. The second-order valence-electron chi connectivity index (χ2n) is 5.21. The molecular weight excluding hydrogens is 346 g/mol. The number of rotatable bonds is 5. The third-order valence-electron chi connectivity index (χ3n) is 3.52. The highest BCUT2D eigenvalue weighted by Crippen LogP contribution is 2.30. The molecule has 1 atom stereocenters. The first kappa shape index (κ1) is 14.8. The van der Waals surface area contributed by atoms with Crippen molar-refractivity contribution in [1.29, 1.82) is 0 Å². The molecule has 0 radical (unpaired) electrons. The molecule has 0 aliphatic heterocycles. The number of aryl methyl sites for hydroxylation is 1. The van der Waals surface area contributed by atoms with E-state index in [0.717, 1.165) is 24.3 Å². The van der Waals surface area contributed by atoms with E-state index in [1.165, 1.54) is 19.6 Å². The van der Waals surface area contributed by atoms with Gasteiger partial charge in [0.1, 0.15) is 11.3 Å². The monoisotopic (exact) mass is 363 g/mol. The number of nitrogens with one attached hydrogen (secondary N) is 1. The Labute approximate surface area is 137 Å². The predicted molar refractivity (Wildman–Crippen MR) is 93.1 cm³/mol. The highest BCUT2D eigenvalue weighted by atomic mass is 79.9. The van der Waals surface area contributed by atoms with Crippen LogP contribution in [0.15, 0.2) is 44.6 Å². The molecule has 3 aromatic rings. The van der Waals surface area contributed by atoms with Crippen LogP contribution in [0.1, 0.15) is 29.2 Å². The second-order valence-corrected chi connectivity index (χ2v) is 7.76. The molecule has 0 aliphatic carbocycles. The van der Waals surface area contributed by atoms with Crippen LogP contribution in [0.3, 0.4) is 0 Å². The van der Waals surface area contributed by atoms with E-state index in [9.17, 15) is 0 Å². The Balaban J connectivity index is 1.90. The molecule has 0 amide bonds. The van der Waals surface area contributed by atoms with E-state index >= 15 is 0 Å². The molecule has 2 aromatic heterocycles. The van der Waals surface area contributed by atoms with Crippen molar-refractivity contribution in [2.24, 2.45) is 0 Å². The van der Waals surface area contributed by atoms with Crippen LogP contribution in [0.2, 0.25) is 0 Å². The maximum Gasteiger partial charge on any atom is 0.134 e. The maximum absolute atomic E-state index is 6.05. The lowest BCUT2D eigenvalue weighted by molar-refractivity contribution is 0.436. The first-order valence-corrected chi connectivity index (χ1v) is 8.74. The lowest BCUT2D eigenvalue weighted by Crippen LogP contribution is -2.22. The van der Waals surface area contributed by atoms with Gasteiger partial charge in [-0.25, -0.2) is 0 Å². The average molecular weight is 364 g/mol. The zero-order valence-corrected chi connectivity index (χ0v) is 14.6. The predicted octanol–water partition coefficient (Wildman–Crippen LogP) is 5.46. The Morgan fingerprint density at radius 2 is 2.10 bits per heavy atom. The fourth-order valence-electron chi connectivity index (χ4n) is 2.54. The summed E-state index contributed by atoms with van der Waals surface area (Å²) in [5.41, 5.74) is 2.22. The van der Waals surface area contributed by atoms with Crippen LogP contribution >= 0.6 is 27.3 Å². The van der Waals surface area contributed by atoms with Crippen molar-refractivity contribution >= 4 is 38.2 Å². The van der Waals surface area contributed by atoms with Crippen molar-refractivity contribution in [3.05, 3.63) is 56.4 Å². The number of thiophene rings is 1.